The fourth-order valence-corrected chi connectivity index (χ4v) is 4.39. The summed E-state index contributed by atoms with van der Waals surface area (Å²) in [5, 5.41) is 3.07. The third-order valence-electron chi connectivity index (χ3n) is 6.16. The fraction of sp³-hybridized carbons (Fsp3) is 0.444. The molecule has 0 spiro atoms. The summed E-state index contributed by atoms with van der Waals surface area (Å²) >= 11 is 0. The van der Waals surface area contributed by atoms with Crippen molar-refractivity contribution in [2.45, 2.75) is 32.9 Å². The number of fused-ring (bicyclic) bond motifs is 1. The standard InChI is InChI=1S/C27H35N3O3/c1-3-32-25-17-23-16-21(2)33-26(23)18-24(25)19-28-27(31)20-30-14-12-29(13-15-30)11-7-10-22-8-5-4-6-9-22/h4-10,17-18,21H,3,11-16,19-20H2,1-2H3,(H,28,31)/b10-7+. The molecule has 2 heterocycles. The van der Waals surface area contributed by atoms with Crippen molar-refractivity contribution in [2.24, 2.45) is 0 Å². The van der Waals surface area contributed by atoms with Crippen molar-refractivity contribution < 1.29 is 14.3 Å². The molecular weight excluding hydrogens is 414 g/mol. The minimum absolute atomic E-state index is 0.0460. The van der Waals surface area contributed by atoms with Crippen LogP contribution in [0.3, 0.4) is 0 Å². The van der Waals surface area contributed by atoms with Gasteiger partial charge in [0.2, 0.25) is 5.91 Å². The van der Waals surface area contributed by atoms with Crippen molar-refractivity contribution in [3.8, 4) is 11.5 Å². The van der Waals surface area contributed by atoms with Crippen LogP contribution in [0.2, 0.25) is 0 Å². The van der Waals surface area contributed by atoms with Gasteiger partial charge in [-0.15, -0.1) is 0 Å². The monoisotopic (exact) mass is 449 g/mol. The van der Waals surface area contributed by atoms with Crippen LogP contribution in [-0.4, -0.2) is 67.7 Å². The topological polar surface area (TPSA) is 54.0 Å². The molecule has 6 heteroatoms. The van der Waals surface area contributed by atoms with Crippen molar-refractivity contribution in [3.05, 3.63) is 65.2 Å². The highest BCUT2D eigenvalue weighted by molar-refractivity contribution is 5.78. The van der Waals surface area contributed by atoms with Gasteiger partial charge in [0.15, 0.2) is 0 Å². The van der Waals surface area contributed by atoms with Gasteiger partial charge in [-0.1, -0.05) is 42.5 Å². The van der Waals surface area contributed by atoms with Gasteiger partial charge in [0.25, 0.3) is 0 Å². The first-order valence-electron chi connectivity index (χ1n) is 12.0. The van der Waals surface area contributed by atoms with Crippen molar-refractivity contribution in [1.82, 2.24) is 15.1 Å². The first-order valence-corrected chi connectivity index (χ1v) is 12.0. The Morgan fingerprint density at radius 3 is 2.67 bits per heavy atom. The molecule has 1 unspecified atom stereocenters. The van der Waals surface area contributed by atoms with Gasteiger partial charge >= 0.3 is 0 Å². The molecule has 2 aromatic carbocycles. The van der Waals surface area contributed by atoms with Crippen LogP contribution >= 0.6 is 0 Å². The molecule has 1 amide bonds. The van der Waals surface area contributed by atoms with Gasteiger partial charge in [0.1, 0.15) is 17.6 Å². The quantitative estimate of drug-likeness (QED) is 0.636. The summed E-state index contributed by atoms with van der Waals surface area (Å²) in [6.45, 7) is 10.2. The van der Waals surface area contributed by atoms with Crippen LogP contribution in [0.1, 0.15) is 30.5 Å². The molecule has 0 saturated carbocycles. The molecule has 1 atom stereocenters. The maximum atomic E-state index is 12.6. The number of piperazine rings is 1. The first kappa shape index (κ1) is 23.3. The highest BCUT2D eigenvalue weighted by atomic mass is 16.5. The molecule has 2 aromatic rings. The number of carbonyl (C=O) groups excluding carboxylic acids is 1. The molecule has 0 bridgehead atoms. The van der Waals surface area contributed by atoms with Gasteiger partial charge in [0.05, 0.1) is 13.2 Å². The van der Waals surface area contributed by atoms with E-state index in [1.807, 2.05) is 19.1 Å². The number of rotatable bonds is 9. The van der Waals surface area contributed by atoms with Crippen molar-refractivity contribution in [2.75, 3.05) is 45.9 Å². The molecule has 0 aliphatic carbocycles. The van der Waals surface area contributed by atoms with E-state index < -0.39 is 0 Å². The molecule has 33 heavy (non-hydrogen) atoms. The van der Waals surface area contributed by atoms with Crippen LogP contribution in [0.15, 0.2) is 48.5 Å². The summed E-state index contributed by atoms with van der Waals surface area (Å²) in [4.78, 5) is 17.3. The van der Waals surface area contributed by atoms with E-state index >= 15 is 0 Å². The molecule has 1 saturated heterocycles. The van der Waals surface area contributed by atoms with Gasteiger partial charge in [-0.25, -0.2) is 0 Å². The number of nitrogens with zero attached hydrogens (tertiary/aromatic N) is 2. The Bertz CT molecular complexity index is 953. The van der Waals surface area contributed by atoms with Gasteiger partial charge in [-0.05, 0) is 31.5 Å². The second kappa shape index (κ2) is 11.3. The number of ether oxygens (including phenoxy) is 2. The lowest BCUT2D eigenvalue weighted by atomic mass is 10.1. The van der Waals surface area contributed by atoms with Crippen LogP contribution < -0.4 is 14.8 Å². The third-order valence-corrected chi connectivity index (χ3v) is 6.16. The predicted molar refractivity (Wildman–Crippen MR) is 132 cm³/mol. The molecule has 1 N–H and O–H groups in total. The van der Waals surface area contributed by atoms with E-state index in [-0.39, 0.29) is 12.0 Å². The number of nitrogens with one attached hydrogen (secondary N) is 1. The maximum Gasteiger partial charge on any atom is 0.234 e. The average molecular weight is 450 g/mol. The van der Waals surface area contributed by atoms with E-state index in [1.54, 1.807) is 0 Å². The Morgan fingerprint density at radius 2 is 1.91 bits per heavy atom. The zero-order valence-corrected chi connectivity index (χ0v) is 19.8. The highest BCUT2D eigenvalue weighted by Crippen LogP contribution is 2.35. The molecule has 176 valence electrons. The minimum atomic E-state index is 0.0460. The van der Waals surface area contributed by atoms with Gasteiger partial charge < -0.3 is 14.8 Å². The van der Waals surface area contributed by atoms with Crippen LogP contribution in [0.25, 0.3) is 6.08 Å². The minimum Gasteiger partial charge on any atom is -0.494 e. The molecule has 1 fully saturated rings. The van der Waals surface area contributed by atoms with E-state index in [2.05, 4.69) is 64.5 Å². The molecule has 6 nitrogen and oxygen atoms in total. The van der Waals surface area contributed by atoms with Crippen LogP contribution in [-0.2, 0) is 17.8 Å². The summed E-state index contributed by atoms with van der Waals surface area (Å²) in [6, 6.07) is 14.5. The number of benzene rings is 2. The van der Waals surface area contributed by atoms with Crippen LogP contribution in [0.5, 0.6) is 11.5 Å². The largest absolute Gasteiger partial charge is 0.494 e. The Morgan fingerprint density at radius 1 is 1.15 bits per heavy atom. The normalized spacial score (nSPS) is 18.8. The van der Waals surface area contributed by atoms with E-state index in [1.165, 1.54) is 11.1 Å². The molecule has 4 rings (SSSR count). The Kier molecular flexibility index (Phi) is 8.02. The van der Waals surface area contributed by atoms with E-state index in [4.69, 9.17) is 9.47 Å². The summed E-state index contributed by atoms with van der Waals surface area (Å²) < 4.78 is 11.7. The number of hydrogen-bond donors (Lipinski definition) is 1. The average Bonchev–Trinajstić information content (AvgIpc) is 3.18. The molecule has 0 aromatic heterocycles. The Hall–Kier alpha value is -2.83. The summed E-state index contributed by atoms with van der Waals surface area (Å²) in [6.07, 6.45) is 5.47. The Labute approximate surface area is 197 Å². The van der Waals surface area contributed by atoms with E-state index in [0.717, 1.165) is 56.2 Å². The lowest BCUT2D eigenvalue weighted by Crippen LogP contribution is -2.49. The lowest BCUT2D eigenvalue weighted by Gasteiger charge is -2.33. The second-order valence-corrected chi connectivity index (χ2v) is 8.80. The highest BCUT2D eigenvalue weighted by Gasteiger charge is 2.22. The van der Waals surface area contributed by atoms with E-state index in [0.29, 0.717) is 19.7 Å². The van der Waals surface area contributed by atoms with Gasteiger partial charge in [0, 0.05) is 56.8 Å². The SMILES string of the molecule is CCOc1cc2c(cc1CNC(=O)CN1CCN(C/C=C/c3ccccc3)CC1)OC(C)C2. The zero-order valence-electron chi connectivity index (χ0n) is 19.8. The number of carbonyl (C=O) groups is 1. The van der Waals surface area contributed by atoms with E-state index in [9.17, 15) is 4.79 Å². The summed E-state index contributed by atoms with van der Waals surface area (Å²) in [5.41, 5.74) is 3.37. The summed E-state index contributed by atoms with van der Waals surface area (Å²) in [7, 11) is 0. The fourth-order valence-electron chi connectivity index (χ4n) is 4.39. The third kappa shape index (κ3) is 6.59. The predicted octanol–water partition coefficient (Wildman–Crippen LogP) is 3.36. The van der Waals surface area contributed by atoms with Crippen molar-refractivity contribution >= 4 is 12.0 Å². The Balaban J connectivity index is 1.21. The van der Waals surface area contributed by atoms with Crippen molar-refractivity contribution in [3.63, 3.8) is 0 Å². The van der Waals surface area contributed by atoms with Crippen molar-refractivity contribution in [1.29, 1.82) is 0 Å². The van der Waals surface area contributed by atoms with Gasteiger partial charge in [-0.2, -0.15) is 0 Å². The van der Waals surface area contributed by atoms with Crippen LogP contribution in [0.4, 0.5) is 0 Å². The number of amides is 1. The van der Waals surface area contributed by atoms with Gasteiger partial charge in [-0.3, -0.25) is 14.6 Å². The zero-order chi connectivity index (χ0) is 23.0. The summed E-state index contributed by atoms with van der Waals surface area (Å²) in [5.74, 6) is 1.80. The molecule has 2 aliphatic heterocycles. The first-order chi connectivity index (χ1) is 16.1. The molecule has 2 aliphatic rings. The molecular formula is C27H35N3O3. The maximum absolute atomic E-state index is 12.6. The molecule has 0 radical (unpaired) electrons. The van der Waals surface area contributed by atoms with Crippen LogP contribution in [0, 0.1) is 0 Å². The second-order valence-electron chi connectivity index (χ2n) is 8.80. The lowest BCUT2D eigenvalue weighted by molar-refractivity contribution is -0.122. The number of hydrogen-bond acceptors (Lipinski definition) is 5. The smallest absolute Gasteiger partial charge is 0.234 e.